The van der Waals surface area contributed by atoms with Gasteiger partial charge in [0.25, 0.3) is 0 Å². The van der Waals surface area contributed by atoms with Gasteiger partial charge in [-0.3, -0.25) is 0 Å². The summed E-state index contributed by atoms with van der Waals surface area (Å²) in [4.78, 5) is 7.98. The zero-order valence-electron chi connectivity index (χ0n) is 10.1. The molecule has 4 nitrogen and oxygen atoms in total. The molecule has 0 fully saturated rings. The summed E-state index contributed by atoms with van der Waals surface area (Å²) in [6.45, 7) is 1.95. The van der Waals surface area contributed by atoms with Crippen LogP contribution in [0.1, 0.15) is 22.8 Å². The van der Waals surface area contributed by atoms with Crippen LogP contribution in [0, 0.1) is 6.92 Å². The summed E-state index contributed by atoms with van der Waals surface area (Å²) >= 11 is 3.40. The predicted molar refractivity (Wildman–Crippen MR) is 71.5 cm³/mol. The molecule has 0 saturated carbocycles. The van der Waals surface area contributed by atoms with Crippen molar-refractivity contribution in [3.05, 3.63) is 51.8 Å². The minimum absolute atomic E-state index is 0.290. The maximum absolute atomic E-state index is 10.3. The van der Waals surface area contributed by atoms with Crippen molar-refractivity contribution in [2.75, 3.05) is 7.11 Å². The van der Waals surface area contributed by atoms with E-state index in [2.05, 4.69) is 25.9 Å². The Morgan fingerprint density at radius 3 is 2.50 bits per heavy atom. The molecule has 1 aromatic heterocycles. The Morgan fingerprint density at radius 1 is 1.28 bits per heavy atom. The Hall–Kier alpha value is -1.46. The lowest BCUT2D eigenvalue weighted by molar-refractivity contribution is 0.218. The number of nitrogens with zero attached hydrogens (tertiary/aromatic N) is 2. The van der Waals surface area contributed by atoms with Crippen molar-refractivity contribution in [3.8, 4) is 6.01 Å². The number of halogens is 1. The van der Waals surface area contributed by atoms with E-state index in [1.165, 1.54) is 7.11 Å². The van der Waals surface area contributed by atoms with Crippen LogP contribution in [0.4, 0.5) is 0 Å². The molecule has 1 N–H and O–H groups in total. The number of rotatable bonds is 3. The Bertz CT molecular complexity index is 543. The van der Waals surface area contributed by atoms with Crippen LogP contribution in [0.25, 0.3) is 0 Å². The van der Waals surface area contributed by atoms with Crippen molar-refractivity contribution in [3.63, 3.8) is 0 Å². The van der Waals surface area contributed by atoms with Gasteiger partial charge in [0, 0.05) is 22.4 Å². The Kier molecular flexibility index (Phi) is 3.93. The highest BCUT2D eigenvalue weighted by atomic mass is 79.9. The first-order valence-corrected chi connectivity index (χ1v) is 6.21. The zero-order chi connectivity index (χ0) is 13.1. The topological polar surface area (TPSA) is 55.2 Å². The van der Waals surface area contributed by atoms with E-state index in [0.717, 1.165) is 15.6 Å². The number of benzene rings is 1. The fourth-order valence-corrected chi connectivity index (χ4v) is 2.17. The third-order valence-corrected chi connectivity index (χ3v) is 3.17. The molecule has 0 aliphatic carbocycles. The monoisotopic (exact) mass is 308 g/mol. The second-order valence-electron chi connectivity index (χ2n) is 3.91. The first kappa shape index (κ1) is 13.0. The normalized spacial score (nSPS) is 12.2. The maximum atomic E-state index is 10.3. The van der Waals surface area contributed by atoms with Gasteiger partial charge in [0.15, 0.2) is 0 Å². The van der Waals surface area contributed by atoms with Crippen LogP contribution in [0.2, 0.25) is 0 Å². The van der Waals surface area contributed by atoms with Crippen molar-refractivity contribution in [1.82, 2.24) is 9.97 Å². The van der Waals surface area contributed by atoms with Gasteiger partial charge >= 0.3 is 6.01 Å². The summed E-state index contributed by atoms with van der Waals surface area (Å²) in [6, 6.07) is 6.03. The van der Waals surface area contributed by atoms with E-state index in [-0.39, 0.29) is 0 Å². The SMILES string of the molecule is COc1ncc(C(O)c2ccc(Br)cc2C)cn1. The lowest BCUT2D eigenvalue weighted by Crippen LogP contribution is -2.04. The highest BCUT2D eigenvalue weighted by molar-refractivity contribution is 9.10. The van der Waals surface area contributed by atoms with Gasteiger partial charge in [-0.05, 0) is 30.2 Å². The van der Waals surface area contributed by atoms with Gasteiger partial charge in [-0.2, -0.15) is 0 Å². The van der Waals surface area contributed by atoms with E-state index in [1.807, 2.05) is 25.1 Å². The standard InChI is InChI=1S/C13H13BrN2O2/c1-8-5-10(14)3-4-11(8)12(17)9-6-15-13(18-2)16-7-9/h3-7,12,17H,1-2H3. The van der Waals surface area contributed by atoms with Crippen LogP contribution >= 0.6 is 15.9 Å². The fourth-order valence-electron chi connectivity index (χ4n) is 1.70. The summed E-state index contributed by atoms with van der Waals surface area (Å²) < 4.78 is 5.87. The van der Waals surface area contributed by atoms with Crippen LogP contribution in [-0.4, -0.2) is 22.2 Å². The van der Waals surface area contributed by atoms with Gasteiger partial charge < -0.3 is 9.84 Å². The molecular weight excluding hydrogens is 296 g/mol. The molecule has 94 valence electrons. The average molecular weight is 309 g/mol. The number of methoxy groups -OCH3 is 1. The van der Waals surface area contributed by atoms with E-state index >= 15 is 0 Å². The molecule has 0 aliphatic heterocycles. The number of aromatic nitrogens is 2. The Morgan fingerprint density at radius 2 is 1.94 bits per heavy atom. The summed E-state index contributed by atoms with van der Waals surface area (Å²) in [5.74, 6) is 0. The van der Waals surface area contributed by atoms with Gasteiger partial charge in [0.2, 0.25) is 0 Å². The number of ether oxygens (including phenoxy) is 1. The quantitative estimate of drug-likeness (QED) is 0.947. The van der Waals surface area contributed by atoms with E-state index in [1.54, 1.807) is 12.4 Å². The summed E-state index contributed by atoms with van der Waals surface area (Å²) in [5, 5.41) is 10.3. The lowest BCUT2D eigenvalue weighted by Gasteiger charge is -2.13. The molecule has 0 saturated heterocycles. The van der Waals surface area contributed by atoms with Crippen molar-refractivity contribution >= 4 is 15.9 Å². The molecule has 5 heteroatoms. The van der Waals surface area contributed by atoms with E-state index in [0.29, 0.717) is 11.6 Å². The predicted octanol–water partition coefficient (Wildman–Crippen LogP) is 2.64. The first-order chi connectivity index (χ1) is 8.61. The second kappa shape index (κ2) is 5.46. The summed E-state index contributed by atoms with van der Waals surface area (Å²) in [7, 11) is 1.50. The smallest absolute Gasteiger partial charge is 0.316 e. The molecule has 1 unspecified atom stereocenters. The van der Waals surface area contributed by atoms with Crippen LogP contribution in [0.15, 0.2) is 35.1 Å². The largest absolute Gasteiger partial charge is 0.467 e. The number of aliphatic hydroxyl groups excluding tert-OH is 1. The third-order valence-electron chi connectivity index (χ3n) is 2.67. The minimum Gasteiger partial charge on any atom is -0.467 e. The third kappa shape index (κ3) is 2.68. The Labute approximate surface area is 114 Å². The van der Waals surface area contributed by atoms with Crippen molar-refractivity contribution < 1.29 is 9.84 Å². The second-order valence-corrected chi connectivity index (χ2v) is 4.82. The molecular formula is C13H13BrN2O2. The van der Waals surface area contributed by atoms with Crippen LogP contribution in [0.5, 0.6) is 6.01 Å². The molecule has 0 bridgehead atoms. The number of hydrogen-bond acceptors (Lipinski definition) is 4. The van der Waals surface area contributed by atoms with Gasteiger partial charge in [-0.15, -0.1) is 0 Å². The molecule has 1 aromatic carbocycles. The van der Waals surface area contributed by atoms with Gasteiger partial charge in [-0.25, -0.2) is 9.97 Å². The molecule has 1 heterocycles. The number of hydrogen-bond donors (Lipinski definition) is 1. The van der Waals surface area contributed by atoms with Crippen molar-refractivity contribution in [2.24, 2.45) is 0 Å². The minimum atomic E-state index is -0.732. The van der Waals surface area contributed by atoms with Crippen molar-refractivity contribution in [2.45, 2.75) is 13.0 Å². The summed E-state index contributed by atoms with van der Waals surface area (Å²) in [5.41, 5.74) is 2.49. The molecule has 2 rings (SSSR count). The van der Waals surface area contributed by atoms with Crippen LogP contribution < -0.4 is 4.74 Å². The number of aliphatic hydroxyl groups is 1. The Balaban J connectivity index is 2.31. The van der Waals surface area contributed by atoms with E-state index in [9.17, 15) is 5.11 Å². The molecule has 18 heavy (non-hydrogen) atoms. The highest BCUT2D eigenvalue weighted by Gasteiger charge is 2.14. The van der Waals surface area contributed by atoms with E-state index in [4.69, 9.17) is 4.74 Å². The average Bonchev–Trinajstić information content (AvgIpc) is 2.38. The molecule has 0 radical (unpaired) electrons. The maximum Gasteiger partial charge on any atom is 0.316 e. The van der Waals surface area contributed by atoms with E-state index < -0.39 is 6.10 Å². The van der Waals surface area contributed by atoms with Crippen LogP contribution in [0.3, 0.4) is 0 Å². The van der Waals surface area contributed by atoms with Gasteiger partial charge in [-0.1, -0.05) is 22.0 Å². The molecule has 2 aromatic rings. The first-order valence-electron chi connectivity index (χ1n) is 5.42. The number of aryl methyl sites for hydroxylation is 1. The zero-order valence-corrected chi connectivity index (χ0v) is 11.7. The fraction of sp³-hybridized carbons (Fsp3) is 0.231. The highest BCUT2D eigenvalue weighted by Crippen LogP contribution is 2.26. The molecule has 0 amide bonds. The van der Waals surface area contributed by atoms with Crippen LogP contribution in [-0.2, 0) is 0 Å². The van der Waals surface area contributed by atoms with Gasteiger partial charge in [0.1, 0.15) is 6.10 Å². The molecule has 1 atom stereocenters. The van der Waals surface area contributed by atoms with Crippen molar-refractivity contribution in [1.29, 1.82) is 0 Å². The van der Waals surface area contributed by atoms with Gasteiger partial charge in [0.05, 0.1) is 7.11 Å². The lowest BCUT2D eigenvalue weighted by atomic mass is 10.00. The molecule has 0 aliphatic rings. The molecule has 0 spiro atoms. The summed E-state index contributed by atoms with van der Waals surface area (Å²) in [6.07, 6.45) is 2.40.